The van der Waals surface area contributed by atoms with Crippen molar-refractivity contribution in [2.75, 3.05) is 5.32 Å². The van der Waals surface area contributed by atoms with E-state index >= 15 is 0 Å². The topological polar surface area (TPSA) is 29.1 Å². The molecule has 0 atom stereocenters. The number of nitrogens with one attached hydrogen (secondary N) is 1. The van der Waals surface area contributed by atoms with Crippen molar-refractivity contribution in [3.63, 3.8) is 0 Å². The van der Waals surface area contributed by atoms with Gasteiger partial charge in [0.05, 0.1) is 11.3 Å². The molecule has 0 saturated carbocycles. The molecular weight excluding hydrogens is 339 g/mol. The zero-order valence-corrected chi connectivity index (χ0v) is 14.0. The van der Waals surface area contributed by atoms with E-state index in [0.717, 1.165) is 0 Å². The predicted molar refractivity (Wildman–Crippen MR) is 95.8 cm³/mol. The summed E-state index contributed by atoms with van der Waals surface area (Å²) in [7, 11) is 0. The van der Waals surface area contributed by atoms with Crippen LogP contribution in [-0.4, -0.2) is 5.78 Å². The van der Waals surface area contributed by atoms with Crippen LogP contribution in [0, 0.1) is 6.92 Å². The molecule has 5 heteroatoms. The number of hydrogen-bond donors (Lipinski definition) is 1. The molecular formula is C21H16F3NO. The highest BCUT2D eigenvalue weighted by molar-refractivity contribution is 6.11. The highest BCUT2D eigenvalue weighted by Gasteiger charge is 2.38. The van der Waals surface area contributed by atoms with Gasteiger partial charge in [0, 0.05) is 16.8 Å². The number of aryl methyl sites for hydroxylation is 1. The molecule has 3 rings (SSSR count). The van der Waals surface area contributed by atoms with Gasteiger partial charge in [-0.25, -0.2) is 0 Å². The average molecular weight is 355 g/mol. The maximum atomic E-state index is 13.8. The van der Waals surface area contributed by atoms with Crippen LogP contribution in [-0.2, 0) is 6.18 Å². The normalized spacial score (nSPS) is 11.2. The number of hydrogen-bond acceptors (Lipinski definition) is 2. The number of anilines is 2. The van der Waals surface area contributed by atoms with E-state index in [-0.39, 0.29) is 16.8 Å². The minimum Gasteiger partial charge on any atom is -0.355 e. The molecule has 3 aromatic rings. The van der Waals surface area contributed by atoms with E-state index in [2.05, 4.69) is 5.32 Å². The molecule has 2 nitrogen and oxygen atoms in total. The second-order valence-corrected chi connectivity index (χ2v) is 5.86. The van der Waals surface area contributed by atoms with E-state index in [0.29, 0.717) is 11.3 Å². The summed E-state index contributed by atoms with van der Waals surface area (Å²) in [6.45, 7) is 1.70. The molecule has 0 aliphatic rings. The van der Waals surface area contributed by atoms with Crippen molar-refractivity contribution in [3.8, 4) is 0 Å². The van der Waals surface area contributed by atoms with Gasteiger partial charge in [-0.15, -0.1) is 0 Å². The molecule has 0 aromatic heterocycles. The first kappa shape index (κ1) is 17.7. The predicted octanol–water partition coefficient (Wildman–Crippen LogP) is 5.99. The monoisotopic (exact) mass is 355 g/mol. The quantitative estimate of drug-likeness (QED) is 0.583. The maximum absolute atomic E-state index is 13.8. The van der Waals surface area contributed by atoms with Gasteiger partial charge in [0.2, 0.25) is 0 Å². The van der Waals surface area contributed by atoms with Crippen LogP contribution in [0.1, 0.15) is 27.0 Å². The Kier molecular flexibility index (Phi) is 4.80. The van der Waals surface area contributed by atoms with E-state index in [1.807, 2.05) is 0 Å². The van der Waals surface area contributed by atoms with Crippen LogP contribution in [0.4, 0.5) is 24.5 Å². The van der Waals surface area contributed by atoms with Crippen LogP contribution < -0.4 is 5.32 Å². The van der Waals surface area contributed by atoms with Crippen LogP contribution in [0.5, 0.6) is 0 Å². The second kappa shape index (κ2) is 7.04. The third-order valence-corrected chi connectivity index (χ3v) is 4.04. The first-order valence-corrected chi connectivity index (χ1v) is 8.00. The third-order valence-electron chi connectivity index (χ3n) is 4.04. The van der Waals surface area contributed by atoms with Gasteiger partial charge in [0.15, 0.2) is 5.78 Å². The molecule has 0 saturated heterocycles. The Morgan fingerprint density at radius 3 is 2.08 bits per heavy atom. The Morgan fingerprint density at radius 1 is 0.808 bits per heavy atom. The number of para-hydroxylation sites is 1. The van der Waals surface area contributed by atoms with E-state index in [4.69, 9.17) is 0 Å². The van der Waals surface area contributed by atoms with Crippen LogP contribution in [0.3, 0.4) is 0 Å². The Balaban J connectivity index is 2.13. The van der Waals surface area contributed by atoms with Gasteiger partial charge in [0.25, 0.3) is 0 Å². The van der Waals surface area contributed by atoms with Crippen LogP contribution in [0.15, 0.2) is 72.8 Å². The van der Waals surface area contributed by atoms with Crippen LogP contribution in [0.25, 0.3) is 0 Å². The lowest BCUT2D eigenvalue weighted by Crippen LogP contribution is -2.16. The van der Waals surface area contributed by atoms with Crippen molar-refractivity contribution in [3.05, 3.63) is 95.1 Å². The summed E-state index contributed by atoms with van der Waals surface area (Å²) in [6, 6.07) is 19.1. The van der Waals surface area contributed by atoms with Gasteiger partial charge in [-0.05, 0) is 30.7 Å². The lowest BCUT2D eigenvalue weighted by atomic mass is 9.94. The minimum atomic E-state index is -4.67. The molecule has 3 aromatic carbocycles. The SMILES string of the molecule is Cc1ccccc1C(=O)c1cccc(Nc2ccccc2)c1C(F)(F)F. The van der Waals surface area contributed by atoms with Gasteiger partial charge in [-0.2, -0.15) is 13.2 Å². The van der Waals surface area contributed by atoms with Crippen molar-refractivity contribution in [1.29, 1.82) is 0 Å². The summed E-state index contributed by atoms with van der Waals surface area (Å²) >= 11 is 0. The van der Waals surface area contributed by atoms with Gasteiger partial charge < -0.3 is 5.32 Å². The number of ketones is 1. The van der Waals surface area contributed by atoms with E-state index < -0.39 is 17.5 Å². The van der Waals surface area contributed by atoms with Crippen molar-refractivity contribution >= 4 is 17.2 Å². The highest BCUT2D eigenvalue weighted by Crippen LogP contribution is 2.39. The zero-order valence-electron chi connectivity index (χ0n) is 14.0. The number of halogens is 3. The molecule has 0 amide bonds. The fourth-order valence-electron chi connectivity index (χ4n) is 2.80. The molecule has 1 N–H and O–H groups in total. The highest BCUT2D eigenvalue weighted by atomic mass is 19.4. The summed E-state index contributed by atoms with van der Waals surface area (Å²) in [5.41, 5.74) is -0.0756. The van der Waals surface area contributed by atoms with Gasteiger partial charge in [0.1, 0.15) is 0 Å². The first-order valence-electron chi connectivity index (χ1n) is 8.00. The van der Waals surface area contributed by atoms with Gasteiger partial charge in [-0.1, -0.05) is 54.6 Å². The second-order valence-electron chi connectivity index (χ2n) is 5.86. The Hall–Kier alpha value is -3.08. The molecule has 0 heterocycles. The Morgan fingerprint density at radius 2 is 1.42 bits per heavy atom. The molecule has 0 radical (unpaired) electrons. The Bertz CT molecular complexity index is 933. The molecule has 0 unspecified atom stereocenters. The van der Waals surface area contributed by atoms with Crippen molar-refractivity contribution in [1.82, 2.24) is 0 Å². The molecule has 0 aliphatic heterocycles. The number of alkyl halides is 3. The van der Waals surface area contributed by atoms with Gasteiger partial charge in [-0.3, -0.25) is 4.79 Å². The molecule has 0 bridgehead atoms. The third kappa shape index (κ3) is 3.61. The summed E-state index contributed by atoms with van der Waals surface area (Å²) in [5.74, 6) is -0.646. The van der Waals surface area contributed by atoms with E-state index in [9.17, 15) is 18.0 Å². The van der Waals surface area contributed by atoms with Crippen LogP contribution >= 0.6 is 0 Å². The first-order chi connectivity index (χ1) is 12.4. The summed E-state index contributed by atoms with van der Waals surface area (Å²) in [6.07, 6.45) is -4.67. The van der Waals surface area contributed by atoms with Crippen molar-refractivity contribution in [2.45, 2.75) is 13.1 Å². The largest absolute Gasteiger partial charge is 0.419 e. The maximum Gasteiger partial charge on any atom is 0.419 e. The number of carbonyl (C=O) groups excluding carboxylic acids is 1. The zero-order chi connectivity index (χ0) is 18.7. The lowest BCUT2D eigenvalue weighted by molar-refractivity contribution is -0.137. The Labute approximate surface area is 149 Å². The van der Waals surface area contributed by atoms with E-state index in [1.54, 1.807) is 55.5 Å². The minimum absolute atomic E-state index is 0.150. The van der Waals surface area contributed by atoms with Crippen molar-refractivity contribution < 1.29 is 18.0 Å². The molecule has 132 valence electrons. The fourth-order valence-corrected chi connectivity index (χ4v) is 2.80. The molecule has 0 fully saturated rings. The smallest absolute Gasteiger partial charge is 0.355 e. The summed E-state index contributed by atoms with van der Waals surface area (Å²) < 4.78 is 41.4. The lowest BCUT2D eigenvalue weighted by Gasteiger charge is -2.18. The molecule has 0 spiro atoms. The fraction of sp³-hybridized carbons (Fsp3) is 0.0952. The van der Waals surface area contributed by atoms with Gasteiger partial charge >= 0.3 is 6.18 Å². The number of rotatable bonds is 4. The van der Waals surface area contributed by atoms with Crippen LogP contribution in [0.2, 0.25) is 0 Å². The number of benzene rings is 3. The van der Waals surface area contributed by atoms with Crippen molar-refractivity contribution in [2.24, 2.45) is 0 Å². The summed E-state index contributed by atoms with van der Waals surface area (Å²) in [5, 5.41) is 2.77. The number of carbonyl (C=O) groups is 1. The standard InChI is InChI=1S/C21H16F3NO/c1-14-8-5-6-11-16(14)20(26)17-12-7-13-18(19(17)21(22,23)24)25-15-9-3-2-4-10-15/h2-13,25H,1H3. The molecule has 26 heavy (non-hydrogen) atoms. The summed E-state index contributed by atoms with van der Waals surface area (Å²) in [4.78, 5) is 12.8. The average Bonchev–Trinajstić information content (AvgIpc) is 2.61. The molecule has 0 aliphatic carbocycles. The van der Waals surface area contributed by atoms with E-state index in [1.165, 1.54) is 24.3 Å².